The van der Waals surface area contributed by atoms with E-state index in [9.17, 15) is 9.59 Å². The van der Waals surface area contributed by atoms with Crippen molar-refractivity contribution in [3.05, 3.63) is 59.0 Å². The van der Waals surface area contributed by atoms with Crippen LogP contribution in [0.3, 0.4) is 0 Å². The second kappa shape index (κ2) is 7.31. The Labute approximate surface area is 151 Å². The van der Waals surface area contributed by atoms with E-state index in [0.717, 1.165) is 5.69 Å². The fraction of sp³-hybridized carbons (Fsp3) is 0.125. The summed E-state index contributed by atoms with van der Waals surface area (Å²) in [5, 5.41) is 9.24. The normalized spacial score (nSPS) is 10.5. The number of rotatable bonds is 5. The number of anilines is 1. The zero-order valence-electron chi connectivity index (χ0n) is 13.2. The number of nitrogens with zero attached hydrogens (tertiary/aromatic N) is 3. The molecule has 2 heterocycles. The molecular formula is C16H14BrN5O3. The van der Waals surface area contributed by atoms with Crippen molar-refractivity contribution < 1.29 is 14.0 Å². The molecule has 3 rings (SSSR count). The highest BCUT2D eigenvalue weighted by molar-refractivity contribution is 9.10. The predicted octanol–water partition coefficient (Wildman–Crippen LogP) is 2.30. The van der Waals surface area contributed by atoms with Gasteiger partial charge in [0.05, 0.1) is 12.2 Å². The molecule has 0 aliphatic heterocycles. The molecule has 1 aromatic carbocycles. The number of aryl methyl sites for hydroxylation is 1. The summed E-state index contributed by atoms with van der Waals surface area (Å²) in [6.07, 6.45) is 3.02. The molecule has 0 radical (unpaired) electrons. The Balaban J connectivity index is 1.54. The molecular weight excluding hydrogens is 390 g/mol. The molecule has 2 aromatic heterocycles. The van der Waals surface area contributed by atoms with Gasteiger partial charge >= 0.3 is 0 Å². The summed E-state index contributed by atoms with van der Waals surface area (Å²) in [6.45, 7) is 1.58. The van der Waals surface area contributed by atoms with Crippen LogP contribution in [0.2, 0.25) is 0 Å². The number of halogens is 1. The number of amides is 2. The predicted molar refractivity (Wildman–Crippen MR) is 93.5 cm³/mol. The van der Waals surface area contributed by atoms with Gasteiger partial charge in [-0.15, -0.1) is 0 Å². The Morgan fingerprint density at radius 3 is 2.64 bits per heavy atom. The first-order chi connectivity index (χ1) is 12.0. The number of carbonyl (C=O) groups is 2. The van der Waals surface area contributed by atoms with Crippen molar-refractivity contribution in [3.63, 3.8) is 0 Å². The molecule has 8 nitrogen and oxygen atoms in total. The summed E-state index contributed by atoms with van der Waals surface area (Å²) >= 11 is 3.16. The number of hydrogen-bond acceptors (Lipinski definition) is 5. The lowest BCUT2D eigenvalue weighted by molar-refractivity contribution is -0.115. The minimum absolute atomic E-state index is 0.165. The molecule has 2 amide bonds. The van der Waals surface area contributed by atoms with Crippen molar-refractivity contribution in [1.29, 1.82) is 0 Å². The van der Waals surface area contributed by atoms with Gasteiger partial charge in [0.1, 0.15) is 12.7 Å². The topological polar surface area (TPSA) is 102 Å². The van der Waals surface area contributed by atoms with Gasteiger partial charge in [0.25, 0.3) is 5.91 Å². The summed E-state index contributed by atoms with van der Waals surface area (Å²) in [5.41, 5.74) is 2.12. The lowest BCUT2D eigenvalue weighted by atomic mass is 10.2. The molecule has 128 valence electrons. The first kappa shape index (κ1) is 16.9. The number of aromatic nitrogens is 3. The van der Waals surface area contributed by atoms with Crippen LogP contribution < -0.4 is 10.6 Å². The quantitative estimate of drug-likeness (QED) is 0.680. The molecule has 0 saturated carbocycles. The average molecular weight is 404 g/mol. The fourth-order valence-corrected chi connectivity index (χ4v) is 2.66. The Morgan fingerprint density at radius 1 is 1.28 bits per heavy atom. The molecule has 0 spiro atoms. The first-order valence-electron chi connectivity index (χ1n) is 7.32. The maximum atomic E-state index is 12.0. The summed E-state index contributed by atoms with van der Waals surface area (Å²) in [5.74, 6) is -0.609. The van der Waals surface area contributed by atoms with Gasteiger partial charge in [-0.3, -0.25) is 9.59 Å². The first-order valence-corrected chi connectivity index (χ1v) is 8.11. The molecule has 2 N–H and O–H groups in total. The molecule has 0 aliphatic carbocycles. The molecule has 3 aromatic rings. The smallest absolute Gasteiger partial charge is 0.287 e. The largest absolute Gasteiger partial charge is 0.444 e. The molecule has 25 heavy (non-hydrogen) atoms. The maximum absolute atomic E-state index is 12.0. The molecule has 0 aliphatic rings. The Morgan fingerprint density at radius 2 is 2.04 bits per heavy atom. The zero-order valence-corrected chi connectivity index (χ0v) is 14.8. The van der Waals surface area contributed by atoms with E-state index in [1.165, 1.54) is 6.33 Å². The van der Waals surface area contributed by atoms with Crippen LogP contribution >= 0.6 is 15.9 Å². The van der Waals surface area contributed by atoms with Crippen molar-refractivity contribution in [2.75, 3.05) is 11.9 Å². The highest BCUT2D eigenvalue weighted by atomic mass is 79.9. The molecule has 0 saturated heterocycles. The van der Waals surface area contributed by atoms with E-state index in [-0.39, 0.29) is 18.2 Å². The number of furan rings is 1. The van der Waals surface area contributed by atoms with Crippen LogP contribution in [0, 0.1) is 6.92 Å². The van der Waals surface area contributed by atoms with Crippen LogP contribution in [0.25, 0.3) is 5.69 Å². The number of benzene rings is 1. The van der Waals surface area contributed by atoms with Crippen molar-refractivity contribution in [2.45, 2.75) is 6.92 Å². The third kappa shape index (κ3) is 4.13. The highest BCUT2D eigenvalue weighted by Gasteiger charge is 2.15. The third-order valence-corrected chi connectivity index (χ3v) is 3.73. The second-order valence-corrected chi connectivity index (χ2v) is 5.96. The molecule has 0 atom stereocenters. The minimum atomic E-state index is -0.445. The van der Waals surface area contributed by atoms with Gasteiger partial charge in [-0.25, -0.2) is 9.67 Å². The van der Waals surface area contributed by atoms with Crippen LogP contribution in [0.4, 0.5) is 5.69 Å². The van der Waals surface area contributed by atoms with Gasteiger partial charge in [-0.05, 0) is 53.2 Å². The standard InChI is InChI=1S/C16H14BrN5O3/c1-10-6-13(17)25-15(10)16(24)19-7-14(23)21-11-2-4-12(5-3-11)22-9-18-8-20-22/h2-6,8-9H,7H2,1H3,(H,19,24)(H,21,23). The minimum Gasteiger partial charge on any atom is -0.444 e. The van der Waals surface area contributed by atoms with Gasteiger partial charge in [0.15, 0.2) is 10.4 Å². The average Bonchev–Trinajstić information content (AvgIpc) is 3.23. The highest BCUT2D eigenvalue weighted by Crippen LogP contribution is 2.19. The van der Waals surface area contributed by atoms with E-state index in [0.29, 0.717) is 15.9 Å². The molecule has 0 fully saturated rings. The van der Waals surface area contributed by atoms with Crippen molar-refractivity contribution in [3.8, 4) is 5.69 Å². The van der Waals surface area contributed by atoms with Gasteiger partial charge < -0.3 is 15.1 Å². The SMILES string of the molecule is Cc1cc(Br)oc1C(=O)NCC(=O)Nc1ccc(-n2cncn2)cc1. The van der Waals surface area contributed by atoms with E-state index in [4.69, 9.17) is 4.42 Å². The van der Waals surface area contributed by atoms with E-state index < -0.39 is 5.91 Å². The molecule has 0 bridgehead atoms. The van der Waals surface area contributed by atoms with E-state index in [1.807, 2.05) is 0 Å². The fourth-order valence-electron chi connectivity index (χ4n) is 2.15. The summed E-state index contributed by atoms with van der Waals surface area (Å²) in [7, 11) is 0. The molecule has 0 unspecified atom stereocenters. The molecule has 9 heteroatoms. The van der Waals surface area contributed by atoms with Crippen molar-refractivity contribution in [1.82, 2.24) is 20.1 Å². The van der Waals surface area contributed by atoms with Gasteiger partial charge in [-0.1, -0.05) is 0 Å². The number of carbonyl (C=O) groups excluding carboxylic acids is 2. The van der Waals surface area contributed by atoms with Gasteiger partial charge in [0, 0.05) is 11.3 Å². The third-order valence-electron chi connectivity index (χ3n) is 3.34. The van der Waals surface area contributed by atoms with Crippen LogP contribution in [0.5, 0.6) is 0 Å². The Hall–Kier alpha value is -2.94. The number of hydrogen-bond donors (Lipinski definition) is 2. The van der Waals surface area contributed by atoms with Gasteiger partial charge in [-0.2, -0.15) is 5.10 Å². The second-order valence-electron chi connectivity index (χ2n) is 5.18. The van der Waals surface area contributed by atoms with Crippen molar-refractivity contribution in [2.24, 2.45) is 0 Å². The lowest BCUT2D eigenvalue weighted by Gasteiger charge is -2.07. The van der Waals surface area contributed by atoms with Crippen LogP contribution in [0.15, 0.2) is 52.1 Å². The summed E-state index contributed by atoms with van der Waals surface area (Å²) < 4.78 is 7.31. The van der Waals surface area contributed by atoms with Crippen LogP contribution in [-0.2, 0) is 4.79 Å². The summed E-state index contributed by atoms with van der Waals surface area (Å²) in [6, 6.07) is 8.76. The van der Waals surface area contributed by atoms with E-state index in [2.05, 4.69) is 36.6 Å². The zero-order chi connectivity index (χ0) is 17.8. The van der Waals surface area contributed by atoms with E-state index >= 15 is 0 Å². The maximum Gasteiger partial charge on any atom is 0.287 e. The van der Waals surface area contributed by atoms with Gasteiger partial charge in [0.2, 0.25) is 5.91 Å². The summed E-state index contributed by atoms with van der Waals surface area (Å²) in [4.78, 5) is 27.8. The van der Waals surface area contributed by atoms with Crippen LogP contribution in [0.1, 0.15) is 16.1 Å². The number of nitrogens with one attached hydrogen (secondary N) is 2. The Kier molecular flexibility index (Phi) is 4.94. The Bertz CT molecular complexity index is 887. The monoisotopic (exact) mass is 403 g/mol. The van der Waals surface area contributed by atoms with E-state index in [1.54, 1.807) is 48.3 Å². The van der Waals surface area contributed by atoms with Crippen molar-refractivity contribution >= 4 is 33.4 Å². The lowest BCUT2D eigenvalue weighted by Crippen LogP contribution is -2.32. The van der Waals surface area contributed by atoms with Crippen LogP contribution in [-0.4, -0.2) is 33.1 Å².